The highest BCUT2D eigenvalue weighted by molar-refractivity contribution is 7.08. The fourth-order valence-corrected chi connectivity index (χ4v) is 3.15. The average Bonchev–Trinajstić information content (AvgIpc) is 2.99. The Hall–Kier alpha value is -2.10. The van der Waals surface area contributed by atoms with Crippen molar-refractivity contribution < 1.29 is 4.74 Å². The molecule has 0 spiro atoms. The summed E-state index contributed by atoms with van der Waals surface area (Å²) in [4.78, 5) is 6.51. The third kappa shape index (κ3) is 4.54. The number of hydrogen-bond acceptors (Lipinski definition) is 5. The van der Waals surface area contributed by atoms with E-state index < -0.39 is 0 Å². The highest BCUT2D eigenvalue weighted by atomic mass is 35.5. The number of hydrogen-bond donors (Lipinski definition) is 0. The molecule has 0 saturated carbocycles. The molecule has 0 N–H and O–H groups in total. The second kappa shape index (κ2) is 8.52. The lowest BCUT2D eigenvalue weighted by atomic mass is 10.1. The van der Waals surface area contributed by atoms with Crippen LogP contribution in [0.5, 0.6) is 10.8 Å². The zero-order valence-corrected chi connectivity index (χ0v) is 17.4. The van der Waals surface area contributed by atoms with Crippen LogP contribution in [0.4, 0.5) is 5.69 Å². The van der Waals surface area contributed by atoms with E-state index in [9.17, 15) is 5.26 Å². The van der Waals surface area contributed by atoms with E-state index in [0.29, 0.717) is 27.4 Å². The minimum absolute atomic E-state index is 0.158. The maximum atomic E-state index is 9.43. The molecule has 2 rings (SSSR count). The van der Waals surface area contributed by atoms with Gasteiger partial charge in [-0.3, -0.25) is 0 Å². The molecule has 0 bridgehead atoms. The van der Waals surface area contributed by atoms with E-state index in [1.165, 1.54) is 11.5 Å². The summed E-state index contributed by atoms with van der Waals surface area (Å²) in [5.74, 6) is 0.654. The zero-order chi connectivity index (χ0) is 19.4. The first-order valence-electron chi connectivity index (χ1n) is 8.38. The summed E-state index contributed by atoms with van der Waals surface area (Å²) in [6.45, 7) is 10.1. The molecule has 26 heavy (non-hydrogen) atoms. The minimum atomic E-state index is 0.158. The first-order valence-corrected chi connectivity index (χ1v) is 9.53. The van der Waals surface area contributed by atoms with Crippen molar-refractivity contribution >= 4 is 35.2 Å². The van der Waals surface area contributed by atoms with Crippen LogP contribution in [-0.2, 0) is 0 Å². The van der Waals surface area contributed by atoms with Crippen LogP contribution < -0.4 is 4.74 Å². The standard InChI is InChI=1S/C19H23ClN4OS/c1-11(2)18-14(9-21)19(26-23-18)25-17-7-13(5)16(8-15(17)20)22-10-24(6)12(3)4/h7-8,10-12H,1-6H3/b22-10-. The molecule has 1 aromatic carbocycles. The molecular weight excluding hydrogens is 368 g/mol. The fourth-order valence-electron chi connectivity index (χ4n) is 2.10. The Bertz CT molecular complexity index is 852. The van der Waals surface area contributed by atoms with Crippen LogP contribution in [0.1, 0.15) is 50.4 Å². The van der Waals surface area contributed by atoms with Crippen molar-refractivity contribution in [2.24, 2.45) is 4.99 Å². The van der Waals surface area contributed by atoms with Crippen LogP contribution in [0.3, 0.4) is 0 Å². The SMILES string of the molecule is Cc1cc(Oc2snc(C(C)C)c2C#N)c(Cl)cc1/N=C\N(C)C(C)C. The maximum absolute atomic E-state index is 9.43. The second-order valence-electron chi connectivity index (χ2n) is 6.67. The summed E-state index contributed by atoms with van der Waals surface area (Å²) < 4.78 is 10.2. The Balaban J connectivity index is 2.30. The number of aliphatic imine (C=N–C) groups is 1. The molecule has 0 aliphatic rings. The fraction of sp³-hybridized carbons (Fsp3) is 0.421. The van der Waals surface area contributed by atoms with Crippen molar-refractivity contribution in [3.63, 3.8) is 0 Å². The van der Waals surface area contributed by atoms with Crippen LogP contribution in [0, 0.1) is 18.3 Å². The number of ether oxygens (including phenoxy) is 1. The molecule has 0 unspecified atom stereocenters. The zero-order valence-electron chi connectivity index (χ0n) is 15.9. The van der Waals surface area contributed by atoms with Crippen LogP contribution in [-0.4, -0.2) is 28.7 Å². The smallest absolute Gasteiger partial charge is 0.218 e. The van der Waals surface area contributed by atoms with Crippen molar-refractivity contribution in [3.8, 4) is 16.9 Å². The van der Waals surface area contributed by atoms with E-state index in [-0.39, 0.29) is 5.92 Å². The van der Waals surface area contributed by atoms with Crippen molar-refractivity contribution in [1.82, 2.24) is 9.27 Å². The lowest BCUT2D eigenvalue weighted by Gasteiger charge is -2.17. The summed E-state index contributed by atoms with van der Waals surface area (Å²) in [6, 6.07) is 6.15. The predicted molar refractivity (Wildman–Crippen MR) is 108 cm³/mol. The van der Waals surface area contributed by atoms with Gasteiger partial charge in [0.1, 0.15) is 17.4 Å². The van der Waals surface area contributed by atoms with Gasteiger partial charge in [0.25, 0.3) is 0 Å². The van der Waals surface area contributed by atoms with E-state index >= 15 is 0 Å². The molecule has 0 aliphatic carbocycles. The molecule has 0 fully saturated rings. The third-order valence-corrected chi connectivity index (χ3v) is 5.03. The number of aromatic nitrogens is 1. The quantitative estimate of drug-likeness (QED) is 0.455. The lowest BCUT2D eigenvalue weighted by molar-refractivity contribution is 0.429. The molecule has 2 aromatic rings. The highest BCUT2D eigenvalue weighted by Gasteiger charge is 2.19. The summed E-state index contributed by atoms with van der Waals surface area (Å²) in [5, 5.41) is 10.3. The number of benzene rings is 1. The van der Waals surface area contributed by atoms with E-state index in [1.54, 1.807) is 12.4 Å². The molecule has 1 aromatic heterocycles. The molecule has 138 valence electrons. The number of nitriles is 1. The van der Waals surface area contributed by atoms with Crippen molar-refractivity contribution in [2.75, 3.05) is 7.05 Å². The van der Waals surface area contributed by atoms with E-state index in [4.69, 9.17) is 16.3 Å². The van der Waals surface area contributed by atoms with Crippen LogP contribution >= 0.6 is 23.1 Å². The summed E-state index contributed by atoms with van der Waals surface area (Å²) in [7, 11) is 1.97. The monoisotopic (exact) mass is 390 g/mol. The number of nitrogens with zero attached hydrogens (tertiary/aromatic N) is 4. The van der Waals surface area contributed by atoms with Gasteiger partial charge in [-0.25, -0.2) is 4.99 Å². The van der Waals surface area contributed by atoms with Gasteiger partial charge in [-0.2, -0.15) is 9.64 Å². The van der Waals surface area contributed by atoms with Gasteiger partial charge in [0.05, 0.1) is 22.7 Å². The average molecular weight is 391 g/mol. The van der Waals surface area contributed by atoms with E-state index in [1.807, 2.05) is 38.8 Å². The van der Waals surface area contributed by atoms with Gasteiger partial charge in [0.2, 0.25) is 5.06 Å². The van der Waals surface area contributed by atoms with Gasteiger partial charge in [-0.05, 0) is 44.4 Å². The molecular formula is C19H23ClN4OS. The Morgan fingerprint density at radius 3 is 2.62 bits per heavy atom. The van der Waals surface area contributed by atoms with Gasteiger partial charge < -0.3 is 9.64 Å². The Morgan fingerprint density at radius 1 is 1.35 bits per heavy atom. The number of aryl methyl sites for hydroxylation is 1. The van der Waals surface area contributed by atoms with Crippen molar-refractivity contribution in [2.45, 2.75) is 46.6 Å². The number of rotatable bonds is 6. The molecule has 5 nitrogen and oxygen atoms in total. The van der Waals surface area contributed by atoms with Gasteiger partial charge in [-0.15, -0.1) is 0 Å². The second-order valence-corrected chi connectivity index (χ2v) is 7.81. The maximum Gasteiger partial charge on any atom is 0.218 e. The van der Waals surface area contributed by atoms with E-state index in [0.717, 1.165) is 16.9 Å². The first kappa shape index (κ1) is 20.2. The summed E-state index contributed by atoms with van der Waals surface area (Å²) in [5.41, 5.74) is 2.94. The van der Waals surface area contributed by atoms with Gasteiger partial charge in [0, 0.05) is 24.6 Å². The van der Waals surface area contributed by atoms with Gasteiger partial charge in [0.15, 0.2) is 0 Å². The topological polar surface area (TPSA) is 61.5 Å². The summed E-state index contributed by atoms with van der Waals surface area (Å²) >= 11 is 7.55. The lowest BCUT2D eigenvalue weighted by Crippen LogP contribution is -2.24. The Morgan fingerprint density at radius 2 is 2.04 bits per heavy atom. The number of halogens is 1. The van der Waals surface area contributed by atoms with Crippen molar-refractivity contribution in [3.05, 3.63) is 34.0 Å². The Labute approximate surface area is 164 Å². The van der Waals surface area contributed by atoms with Gasteiger partial charge in [-0.1, -0.05) is 25.4 Å². The van der Waals surface area contributed by atoms with Crippen LogP contribution in [0.25, 0.3) is 0 Å². The molecule has 0 radical (unpaired) electrons. The van der Waals surface area contributed by atoms with Crippen molar-refractivity contribution in [1.29, 1.82) is 5.26 Å². The predicted octanol–water partition coefficient (Wildman–Crippen LogP) is 5.89. The Kier molecular flexibility index (Phi) is 6.63. The van der Waals surface area contributed by atoms with Crippen LogP contribution in [0.15, 0.2) is 17.1 Å². The first-order chi connectivity index (χ1) is 12.2. The van der Waals surface area contributed by atoms with Gasteiger partial charge >= 0.3 is 0 Å². The normalized spacial score (nSPS) is 11.4. The molecule has 0 amide bonds. The van der Waals surface area contributed by atoms with E-state index in [2.05, 4.69) is 29.3 Å². The molecule has 0 aliphatic heterocycles. The molecule has 0 atom stereocenters. The molecule has 1 heterocycles. The summed E-state index contributed by atoms with van der Waals surface area (Å²) in [6.07, 6.45) is 1.79. The third-order valence-electron chi connectivity index (χ3n) is 3.99. The molecule has 0 saturated heterocycles. The molecule has 7 heteroatoms. The van der Waals surface area contributed by atoms with Crippen LogP contribution in [0.2, 0.25) is 5.02 Å². The largest absolute Gasteiger partial charge is 0.442 e. The highest BCUT2D eigenvalue weighted by Crippen LogP contribution is 2.39. The minimum Gasteiger partial charge on any atom is -0.442 e.